The molecular formula is C19H24F3N3O2. The smallest absolute Gasteiger partial charge is 0.344 e. The van der Waals surface area contributed by atoms with Gasteiger partial charge in [-0.1, -0.05) is 51.4 Å². The summed E-state index contributed by atoms with van der Waals surface area (Å²) in [5.41, 5.74) is -0.331. The highest BCUT2D eigenvalue weighted by Gasteiger charge is 2.30. The first-order valence-corrected chi connectivity index (χ1v) is 8.92. The van der Waals surface area contributed by atoms with Gasteiger partial charge in [-0.05, 0) is 24.0 Å². The summed E-state index contributed by atoms with van der Waals surface area (Å²) in [6, 6.07) is 4.10. The van der Waals surface area contributed by atoms with Crippen LogP contribution in [0.1, 0.15) is 58.0 Å². The first-order chi connectivity index (χ1) is 12.6. The molecule has 0 fully saturated rings. The van der Waals surface area contributed by atoms with Crippen LogP contribution >= 0.6 is 0 Å². The molecule has 0 aliphatic heterocycles. The summed E-state index contributed by atoms with van der Waals surface area (Å²) in [5.74, 6) is 0.598. The highest BCUT2D eigenvalue weighted by molar-refractivity contribution is 5.76. The van der Waals surface area contributed by atoms with E-state index in [0.717, 1.165) is 18.6 Å². The highest BCUT2D eigenvalue weighted by Crippen LogP contribution is 2.31. The second kappa shape index (κ2) is 8.54. The average molecular weight is 383 g/mol. The van der Waals surface area contributed by atoms with E-state index in [9.17, 15) is 18.0 Å². The predicted octanol–water partition coefficient (Wildman–Crippen LogP) is 5.00. The van der Waals surface area contributed by atoms with Gasteiger partial charge in [0.25, 0.3) is 0 Å². The molecule has 5 nitrogen and oxygen atoms in total. The van der Waals surface area contributed by atoms with Crippen molar-refractivity contribution in [3.05, 3.63) is 35.7 Å². The van der Waals surface area contributed by atoms with E-state index in [-0.39, 0.29) is 29.5 Å². The minimum Gasteiger partial charge on any atom is -0.344 e. The van der Waals surface area contributed by atoms with Gasteiger partial charge >= 0.3 is 6.18 Å². The molecule has 1 aromatic carbocycles. The number of nitrogens with one attached hydrogen (secondary N) is 1. The lowest BCUT2D eigenvalue weighted by Gasteiger charge is -2.21. The molecule has 0 radical (unpaired) electrons. The number of rotatable bonds is 7. The zero-order valence-electron chi connectivity index (χ0n) is 15.8. The number of alkyl halides is 3. The Hall–Kier alpha value is -2.38. The van der Waals surface area contributed by atoms with Gasteiger partial charge in [0.2, 0.25) is 17.6 Å². The lowest BCUT2D eigenvalue weighted by Crippen LogP contribution is -2.33. The lowest BCUT2D eigenvalue weighted by molar-refractivity contribution is -0.137. The van der Waals surface area contributed by atoms with E-state index in [2.05, 4.69) is 15.5 Å². The number of carbonyl (C=O) groups excluding carboxylic acids is 1. The van der Waals surface area contributed by atoms with Crippen LogP contribution in [0, 0.1) is 11.8 Å². The molecule has 1 amide bonds. The fourth-order valence-electron chi connectivity index (χ4n) is 2.57. The Kier molecular flexibility index (Phi) is 6.62. The van der Waals surface area contributed by atoms with Crippen LogP contribution in [0.5, 0.6) is 0 Å². The van der Waals surface area contributed by atoms with E-state index in [1.165, 1.54) is 12.1 Å². The summed E-state index contributed by atoms with van der Waals surface area (Å²) in [4.78, 5) is 16.5. The lowest BCUT2D eigenvalue weighted by atomic mass is 9.98. The molecule has 0 unspecified atom stereocenters. The summed E-state index contributed by atoms with van der Waals surface area (Å²) in [5, 5.41) is 6.79. The molecule has 8 heteroatoms. The quantitative estimate of drug-likeness (QED) is 0.730. The number of nitrogens with zero attached hydrogens (tertiary/aromatic N) is 2. The highest BCUT2D eigenvalue weighted by atomic mass is 19.4. The third kappa shape index (κ3) is 5.55. The molecule has 0 spiro atoms. The summed E-state index contributed by atoms with van der Waals surface area (Å²) < 4.78 is 43.4. The van der Waals surface area contributed by atoms with Crippen LogP contribution in [0.15, 0.2) is 28.8 Å². The summed E-state index contributed by atoms with van der Waals surface area (Å²) in [6.45, 7) is 7.85. The third-order valence-corrected chi connectivity index (χ3v) is 4.30. The van der Waals surface area contributed by atoms with E-state index in [1.807, 2.05) is 27.7 Å². The molecule has 1 N–H and O–H groups in total. The number of benzene rings is 1. The molecule has 0 aliphatic rings. The van der Waals surface area contributed by atoms with Crippen LogP contribution in [0.4, 0.5) is 13.2 Å². The van der Waals surface area contributed by atoms with E-state index >= 15 is 0 Å². The maximum absolute atomic E-state index is 12.7. The van der Waals surface area contributed by atoms with Gasteiger partial charge in [-0.25, -0.2) is 0 Å². The van der Waals surface area contributed by atoms with Crippen molar-refractivity contribution in [2.75, 3.05) is 0 Å². The number of aromatic nitrogens is 2. The Morgan fingerprint density at radius 1 is 1.19 bits per heavy atom. The number of amides is 1. The normalized spacial score (nSPS) is 14.2. The molecule has 148 valence electrons. The van der Waals surface area contributed by atoms with Gasteiger partial charge in [0.15, 0.2) is 0 Å². The topological polar surface area (TPSA) is 68.0 Å². The summed E-state index contributed by atoms with van der Waals surface area (Å²) in [7, 11) is 0. The second-order valence-electron chi connectivity index (χ2n) is 7.06. The van der Waals surface area contributed by atoms with Crippen LogP contribution in [-0.4, -0.2) is 16.0 Å². The third-order valence-electron chi connectivity index (χ3n) is 4.30. The molecule has 2 atom stereocenters. The molecule has 27 heavy (non-hydrogen) atoms. The van der Waals surface area contributed by atoms with E-state index in [1.54, 1.807) is 0 Å². The van der Waals surface area contributed by atoms with Gasteiger partial charge in [0.05, 0.1) is 5.56 Å². The van der Waals surface area contributed by atoms with Crippen LogP contribution in [0.25, 0.3) is 11.4 Å². The Labute approximate surface area is 156 Å². The van der Waals surface area contributed by atoms with E-state index in [0.29, 0.717) is 12.0 Å². The van der Waals surface area contributed by atoms with Crippen molar-refractivity contribution in [3.63, 3.8) is 0 Å². The van der Waals surface area contributed by atoms with Gasteiger partial charge in [-0.15, -0.1) is 0 Å². The van der Waals surface area contributed by atoms with Crippen molar-refractivity contribution in [3.8, 4) is 11.4 Å². The predicted molar refractivity (Wildman–Crippen MR) is 94.5 cm³/mol. The maximum Gasteiger partial charge on any atom is 0.416 e. The Morgan fingerprint density at radius 2 is 1.81 bits per heavy atom. The van der Waals surface area contributed by atoms with Crippen molar-refractivity contribution < 1.29 is 22.5 Å². The largest absolute Gasteiger partial charge is 0.416 e. The van der Waals surface area contributed by atoms with Gasteiger partial charge in [-0.3, -0.25) is 4.79 Å². The summed E-state index contributed by atoms with van der Waals surface area (Å²) >= 11 is 0. The molecule has 0 saturated carbocycles. The number of halogens is 3. The minimum absolute atomic E-state index is 0.0574. The monoisotopic (exact) mass is 383 g/mol. The fraction of sp³-hybridized carbons (Fsp3) is 0.526. The van der Waals surface area contributed by atoms with Crippen molar-refractivity contribution in [2.45, 2.75) is 52.8 Å². The first kappa shape index (κ1) is 20.9. The standard InChI is InChI=1S/C19H24F3N3O2/c1-5-12(4)16(23-15(26)10-11(2)3)18-24-17(25-27-18)13-6-8-14(9-7-13)19(20,21)22/h6-9,11-12,16H,5,10H2,1-4H3,(H,23,26)/t12-,16+/m1/s1. The summed E-state index contributed by atoms with van der Waals surface area (Å²) in [6.07, 6.45) is -3.24. The average Bonchev–Trinajstić information content (AvgIpc) is 3.07. The SMILES string of the molecule is CC[C@@H](C)[C@H](NC(=O)CC(C)C)c1nc(-c2ccc(C(F)(F)F)cc2)no1. The Morgan fingerprint density at radius 3 is 2.33 bits per heavy atom. The second-order valence-corrected chi connectivity index (χ2v) is 7.06. The van der Waals surface area contributed by atoms with Crippen molar-refractivity contribution in [1.29, 1.82) is 0 Å². The zero-order valence-corrected chi connectivity index (χ0v) is 15.8. The van der Waals surface area contributed by atoms with Gasteiger partial charge < -0.3 is 9.84 Å². The molecule has 0 bridgehead atoms. The molecule has 0 saturated heterocycles. The van der Waals surface area contributed by atoms with Crippen molar-refractivity contribution in [2.24, 2.45) is 11.8 Å². The van der Waals surface area contributed by atoms with E-state index < -0.39 is 17.8 Å². The van der Waals surface area contributed by atoms with E-state index in [4.69, 9.17) is 4.52 Å². The van der Waals surface area contributed by atoms with Crippen LogP contribution < -0.4 is 5.32 Å². The zero-order chi connectivity index (χ0) is 20.2. The number of hydrogen-bond donors (Lipinski definition) is 1. The number of hydrogen-bond acceptors (Lipinski definition) is 4. The van der Waals surface area contributed by atoms with Gasteiger partial charge in [0.1, 0.15) is 6.04 Å². The molecule has 2 aromatic rings. The van der Waals surface area contributed by atoms with Crippen LogP contribution in [0.2, 0.25) is 0 Å². The van der Waals surface area contributed by atoms with Gasteiger partial charge in [0, 0.05) is 12.0 Å². The number of carbonyl (C=O) groups is 1. The van der Waals surface area contributed by atoms with Crippen molar-refractivity contribution in [1.82, 2.24) is 15.5 Å². The molecule has 1 heterocycles. The Balaban J connectivity index is 2.22. The fourth-order valence-corrected chi connectivity index (χ4v) is 2.57. The molecule has 0 aliphatic carbocycles. The van der Waals surface area contributed by atoms with Crippen LogP contribution in [-0.2, 0) is 11.0 Å². The first-order valence-electron chi connectivity index (χ1n) is 8.92. The molecule has 1 aromatic heterocycles. The van der Waals surface area contributed by atoms with Crippen molar-refractivity contribution >= 4 is 5.91 Å². The van der Waals surface area contributed by atoms with Crippen LogP contribution in [0.3, 0.4) is 0 Å². The molecular weight excluding hydrogens is 359 g/mol. The minimum atomic E-state index is -4.40. The maximum atomic E-state index is 12.7. The van der Waals surface area contributed by atoms with Gasteiger partial charge in [-0.2, -0.15) is 18.2 Å². The Bertz CT molecular complexity index is 754. The molecule has 2 rings (SSSR count).